The molecule has 4 rings (SSSR count). The van der Waals surface area contributed by atoms with Crippen molar-refractivity contribution < 1.29 is 41.9 Å². The quantitative estimate of drug-likeness (QED) is 0.191. The van der Waals surface area contributed by atoms with Gasteiger partial charge in [-0.25, -0.2) is 19.2 Å². The number of ether oxygens (including phenoxy) is 2. The first-order valence-electron chi connectivity index (χ1n) is 17.0. The Balaban J connectivity index is 1.60. The van der Waals surface area contributed by atoms with Gasteiger partial charge in [0, 0.05) is 45.9 Å². The SMILES string of the molecule is CCCCOC(=O)N1CCN(C(=O)[C@H](CCP(=O)(OCC)OCC)NC(=O)c2cc(N3CCC[C@@H]3OC)nc(-c3ccccc3F)n2)CC1. The minimum atomic E-state index is -3.57. The highest BCUT2D eigenvalue weighted by Crippen LogP contribution is 2.48. The van der Waals surface area contributed by atoms with Gasteiger partial charge in [-0.2, -0.15) is 0 Å². The molecule has 16 heteroatoms. The molecule has 2 aliphatic heterocycles. The zero-order valence-corrected chi connectivity index (χ0v) is 29.7. The van der Waals surface area contributed by atoms with Crippen molar-refractivity contribution >= 4 is 31.3 Å². The lowest BCUT2D eigenvalue weighted by Crippen LogP contribution is -2.56. The van der Waals surface area contributed by atoms with Crippen LogP contribution in [0.2, 0.25) is 0 Å². The highest BCUT2D eigenvalue weighted by molar-refractivity contribution is 7.53. The van der Waals surface area contributed by atoms with Crippen LogP contribution in [0.1, 0.15) is 63.4 Å². The molecule has 1 aromatic carbocycles. The molecule has 14 nitrogen and oxygen atoms in total. The number of benzene rings is 1. The summed E-state index contributed by atoms with van der Waals surface area (Å²) in [4.78, 5) is 54.4. The van der Waals surface area contributed by atoms with Crippen LogP contribution in [0.15, 0.2) is 30.3 Å². The number of nitrogens with one attached hydrogen (secondary N) is 1. The number of carbonyl (C=O) groups is 3. The van der Waals surface area contributed by atoms with Gasteiger partial charge in [-0.3, -0.25) is 14.2 Å². The van der Waals surface area contributed by atoms with Gasteiger partial charge in [0.25, 0.3) is 5.91 Å². The number of hydrogen-bond donors (Lipinski definition) is 1. The summed E-state index contributed by atoms with van der Waals surface area (Å²) in [6.07, 6.45) is 2.33. The molecule has 3 heterocycles. The molecular weight excluding hydrogens is 658 g/mol. The maximum atomic E-state index is 14.9. The van der Waals surface area contributed by atoms with Crippen molar-refractivity contribution in [2.75, 3.05) is 70.7 Å². The summed E-state index contributed by atoms with van der Waals surface area (Å²) in [7, 11) is -1.98. The van der Waals surface area contributed by atoms with Gasteiger partial charge >= 0.3 is 13.7 Å². The zero-order chi connectivity index (χ0) is 35.4. The van der Waals surface area contributed by atoms with Gasteiger partial charge in [0.2, 0.25) is 5.91 Å². The van der Waals surface area contributed by atoms with Crippen LogP contribution in [-0.4, -0.2) is 116 Å². The molecule has 0 saturated carbocycles. The maximum Gasteiger partial charge on any atom is 0.409 e. The van der Waals surface area contributed by atoms with Gasteiger partial charge in [0.15, 0.2) is 5.82 Å². The minimum absolute atomic E-state index is 0.00418. The van der Waals surface area contributed by atoms with E-state index in [1.165, 1.54) is 18.2 Å². The molecule has 0 unspecified atom stereocenters. The second-order valence-electron chi connectivity index (χ2n) is 11.7. The smallest absolute Gasteiger partial charge is 0.409 e. The Bertz CT molecular complexity index is 1470. The number of methoxy groups -OCH3 is 1. The number of halogens is 1. The third kappa shape index (κ3) is 10.2. The number of unbranched alkanes of at least 4 members (excludes halogenated alkanes) is 1. The van der Waals surface area contributed by atoms with Crippen molar-refractivity contribution in [1.82, 2.24) is 25.1 Å². The van der Waals surface area contributed by atoms with Crippen LogP contribution in [0, 0.1) is 5.82 Å². The molecule has 270 valence electrons. The van der Waals surface area contributed by atoms with Crippen molar-refractivity contribution in [3.8, 4) is 11.4 Å². The van der Waals surface area contributed by atoms with E-state index in [-0.39, 0.29) is 75.3 Å². The molecule has 3 amide bonds. The number of aromatic nitrogens is 2. The van der Waals surface area contributed by atoms with Crippen LogP contribution in [0.4, 0.5) is 15.0 Å². The Kier molecular flexibility index (Phi) is 14.3. The Hall–Kier alpha value is -3.65. The second-order valence-corrected chi connectivity index (χ2v) is 13.9. The van der Waals surface area contributed by atoms with Crippen LogP contribution in [0.3, 0.4) is 0 Å². The molecular formula is C33H48FN6O8P. The number of rotatable bonds is 16. The van der Waals surface area contributed by atoms with E-state index in [0.29, 0.717) is 19.0 Å². The van der Waals surface area contributed by atoms with Gasteiger partial charge in [0.05, 0.1) is 31.5 Å². The van der Waals surface area contributed by atoms with Crippen molar-refractivity contribution in [2.45, 2.75) is 65.1 Å². The van der Waals surface area contributed by atoms with Gasteiger partial charge in [0.1, 0.15) is 29.6 Å². The first-order chi connectivity index (χ1) is 23.6. The van der Waals surface area contributed by atoms with Crippen LogP contribution < -0.4 is 10.2 Å². The molecule has 0 radical (unpaired) electrons. The zero-order valence-electron chi connectivity index (χ0n) is 28.8. The lowest BCUT2D eigenvalue weighted by atomic mass is 10.1. The van der Waals surface area contributed by atoms with Gasteiger partial charge in [-0.15, -0.1) is 0 Å². The Morgan fingerprint density at radius 3 is 2.37 bits per heavy atom. The summed E-state index contributed by atoms with van der Waals surface area (Å²) in [5.74, 6) is -1.29. The normalized spacial score (nSPS) is 17.2. The Labute approximate surface area is 287 Å². The summed E-state index contributed by atoms with van der Waals surface area (Å²) in [6, 6.07) is 6.36. The van der Waals surface area contributed by atoms with Crippen molar-refractivity contribution in [3.05, 3.63) is 41.8 Å². The van der Waals surface area contributed by atoms with Crippen LogP contribution in [-0.2, 0) is 27.9 Å². The first kappa shape index (κ1) is 38.2. The number of carbonyl (C=O) groups excluding carboxylic acids is 3. The number of amides is 3. The summed E-state index contributed by atoms with van der Waals surface area (Å²) < 4.78 is 50.1. The molecule has 2 aromatic rings. The number of piperazine rings is 1. The Morgan fingerprint density at radius 1 is 1.02 bits per heavy atom. The van der Waals surface area contributed by atoms with Crippen molar-refractivity contribution in [2.24, 2.45) is 0 Å². The molecule has 1 aromatic heterocycles. The van der Waals surface area contributed by atoms with E-state index < -0.39 is 37.4 Å². The fraction of sp³-hybridized carbons (Fsp3) is 0.606. The standard InChI is InChI=1S/C33H48FN6O8P/c1-5-8-21-46-33(43)39-19-17-38(18-20-39)32(42)26(15-22-49(44,47-6-2)48-7-3)36-31(41)27-23-28(40-16-11-14-29(40)45-4)37-30(35-27)24-12-9-10-13-25(24)34/h9-10,12-13,23,26,29H,5-8,11,14-22H2,1-4H3,(H,36,41)/t26-,29-/m0/s1. The largest absolute Gasteiger partial charge is 0.449 e. The topological polar surface area (TPSA) is 153 Å². The van der Waals surface area contributed by atoms with Crippen molar-refractivity contribution in [1.29, 1.82) is 0 Å². The fourth-order valence-corrected chi connectivity index (χ4v) is 7.46. The van der Waals surface area contributed by atoms with Gasteiger partial charge in [-0.1, -0.05) is 25.5 Å². The molecule has 2 aliphatic rings. The highest BCUT2D eigenvalue weighted by atomic mass is 31.2. The van der Waals surface area contributed by atoms with Crippen LogP contribution in [0.5, 0.6) is 0 Å². The predicted molar refractivity (Wildman–Crippen MR) is 181 cm³/mol. The summed E-state index contributed by atoms with van der Waals surface area (Å²) >= 11 is 0. The molecule has 2 fully saturated rings. The fourth-order valence-electron chi connectivity index (χ4n) is 5.77. The van der Waals surface area contributed by atoms with E-state index in [1.54, 1.807) is 42.9 Å². The molecule has 1 N–H and O–H groups in total. The van der Waals surface area contributed by atoms with Gasteiger partial charge in [-0.05, 0) is 51.7 Å². The van der Waals surface area contributed by atoms with Crippen LogP contribution >= 0.6 is 7.60 Å². The minimum Gasteiger partial charge on any atom is -0.449 e. The van der Waals surface area contributed by atoms with E-state index in [9.17, 15) is 23.3 Å². The third-order valence-corrected chi connectivity index (χ3v) is 10.5. The maximum absolute atomic E-state index is 14.9. The summed E-state index contributed by atoms with van der Waals surface area (Å²) in [5, 5.41) is 2.79. The first-order valence-corrected chi connectivity index (χ1v) is 18.7. The molecule has 0 bridgehead atoms. The second kappa shape index (κ2) is 18.4. The number of nitrogens with zero attached hydrogens (tertiary/aromatic N) is 5. The van der Waals surface area contributed by atoms with E-state index in [4.69, 9.17) is 18.5 Å². The van der Waals surface area contributed by atoms with E-state index >= 15 is 0 Å². The molecule has 0 spiro atoms. The third-order valence-electron chi connectivity index (χ3n) is 8.34. The molecule has 49 heavy (non-hydrogen) atoms. The number of hydrogen-bond acceptors (Lipinski definition) is 11. The molecule has 2 saturated heterocycles. The average molecular weight is 707 g/mol. The number of anilines is 1. The van der Waals surface area contributed by atoms with Gasteiger partial charge < -0.3 is 38.5 Å². The van der Waals surface area contributed by atoms with Crippen LogP contribution in [0.25, 0.3) is 11.4 Å². The molecule has 2 atom stereocenters. The Morgan fingerprint density at radius 2 is 1.71 bits per heavy atom. The predicted octanol–water partition coefficient (Wildman–Crippen LogP) is 4.69. The highest BCUT2D eigenvalue weighted by Gasteiger charge is 2.34. The lowest BCUT2D eigenvalue weighted by Gasteiger charge is -2.36. The monoisotopic (exact) mass is 706 g/mol. The van der Waals surface area contributed by atoms with Crippen molar-refractivity contribution in [3.63, 3.8) is 0 Å². The van der Waals surface area contributed by atoms with E-state index in [1.807, 2.05) is 11.8 Å². The average Bonchev–Trinajstić information content (AvgIpc) is 3.59. The summed E-state index contributed by atoms with van der Waals surface area (Å²) in [5.41, 5.74) is 0.0277. The lowest BCUT2D eigenvalue weighted by molar-refractivity contribution is -0.134. The van der Waals surface area contributed by atoms with E-state index in [2.05, 4.69) is 15.3 Å². The van der Waals surface area contributed by atoms with E-state index in [0.717, 1.165) is 25.7 Å². The molecule has 0 aliphatic carbocycles. The summed E-state index contributed by atoms with van der Waals surface area (Å²) in [6.45, 7) is 7.54.